The number of fused-ring (bicyclic) bond motifs is 1. The average Bonchev–Trinajstić information content (AvgIpc) is 2.57. The Morgan fingerprint density at radius 2 is 2.40 bits per heavy atom. The van der Waals surface area contributed by atoms with Crippen molar-refractivity contribution in [3.63, 3.8) is 0 Å². The molecule has 0 aromatic carbocycles. The average molecular weight is 208 g/mol. The molecule has 0 fully saturated rings. The Morgan fingerprint density at radius 3 is 3.00 bits per heavy atom. The number of hydrogen-bond donors (Lipinski definition) is 1. The summed E-state index contributed by atoms with van der Waals surface area (Å²) in [5, 5.41) is 8.99. The fourth-order valence-electron chi connectivity index (χ4n) is 1.55. The van der Waals surface area contributed by atoms with E-state index in [9.17, 15) is 9.18 Å². The first kappa shape index (κ1) is 9.64. The second kappa shape index (κ2) is 3.34. The van der Waals surface area contributed by atoms with E-state index < -0.39 is 11.8 Å². The monoisotopic (exact) mass is 208 g/mol. The zero-order chi connectivity index (χ0) is 11.0. The minimum atomic E-state index is -1.09. The van der Waals surface area contributed by atoms with Crippen LogP contribution in [0.25, 0.3) is 5.65 Å². The number of carboxylic acid groups (broad SMARTS) is 1. The molecule has 1 N–H and O–H groups in total. The summed E-state index contributed by atoms with van der Waals surface area (Å²) in [6, 6.07) is 2.71. The summed E-state index contributed by atoms with van der Waals surface area (Å²) in [6.07, 6.45) is 1.96. The number of aromatic nitrogens is 2. The van der Waals surface area contributed by atoms with Crippen LogP contribution in [0.1, 0.15) is 23.1 Å². The lowest BCUT2D eigenvalue weighted by molar-refractivity contribution is 0.0688. The third-order valence-electron chi connectivity index (χ3n) is 2.21. The zero-order valence-corrected chi connectivity index (χ0v) is 8.07. The first-order chi connectivity index (χ1) is 7.15. The highest BCUT2D eigenvalue weighted by Gasteiger charge is 2.18. The van der Waals surface area contributed by atoms with Crippen LogP contribution in [-0.4, -0.2) is 20.5 Å². The van der Waals surface area contributed by atoms with E-state index >= 15 is 0 Å². The maximum atomic E-state index is 13.3. The van der Waals surface area contributed by atoms with Gasteiger partial charge in [-0.2, -0.15) is 0 Å². The number of nitrogens with zero attached hydrogens (tertiary/aromatic N) is 2. The van der Waals surface area contributed by atoms with Crippen molar-refractivity contribution < 1.29 is 14.3 Å². The van der Waals surface area contributed by atoms with Crippen LogP contribution in [-0.2, 0) is 6.42 Å². The van der Waals surface area contributed by atoms with Crippen molar-refractivity contribution in [2.45, 2.75) is 13.3 Å². The van der Waals surface area contributed by atoms with Gasteiger partial charge in [-0.3, -0.25) is 4.40 Å². The van der Waals surface area contributed by atoms with E-state index in [2.05, 4.69) is 4.98 Å². The molecule has 0 atom stereocenters. The van der Waals surface area contributed by atoms with Crippen LogP contribution in [0.5, 0.6) is 0 Å². The van der Waals surface area contributed by atoms with Crippen molar-refractivity contribution in [1.82, 2.24) is 9.38 Å². The summed E-state index contributed by atoms with van der Waals surface area (Å²) in [5.41, 5.74) is 0.492. The lowest BCUT2D eigenvalue weighted by Gasteiger charge is -1.97. The fraction of sp³-hybridized carbons (Fsp3) is 0.200. The lowest BCUT2D eigenvalue weighted by atomic mass is 10.2. The van der Waals surface area contributed by atoms with Gasteiger partial charge in [0.25, 0.3) is 0 Å². The molecule has 2 aromatic rings. The first-order valence-electron chi connectivity index (χ1n) is 4.54. The smallest absolute Gasteiger partial charge is 0.354 e. The molecule has 15 heavy (non-hydrogen) atoms. The van der Waals surface area contributed by atoms with E-state index in [-0.39, 0.29) is 11.3 Å². The molecule has 0 spiro atoms. The van der Waals surface area contributed by atoms with Gasteiger partial charge in [0.05, 0.1) is 5.69 Å². The Hall–Kier alpha value is -1.91. The van der Waals surface area contributed by atoms with E-state index in [0.29, 0.717) is 12.1 Å². The largest absolute Gasteiger partial charge is 0.477 e. The first-order valence-corrected chi connectivity index (χ1v) is 4.54. The molecule has 5 heteroatoms. The van der Waals surface area contributed by atoms with Gasteiger partial charge in [-0.15, -0.1) is 0 Å². The van der Waals surface area contributed by atoms with Gasteiger partial charge >= 0.3 is 5.97 Å². The standard InChI is InChI=1S/C10H9FN2O2/c1-2-7-8(10(14)15)13-5-3-4-6(11)9(13)12-7/h3-5H,2H2,1H3,(H,14,15). The number of halogens is 1. The predicted octanol–water partition coefficient (Wildman–Crippen LogP) is 1.73. The SMILES string of the molecule is CCc1nc2c(F)cccn2c1C(=O)O. The van der Waals surface area contributed by atoms with E-state index in [1.165, 1.54) is 22.7 Å². The second-order valence-electron chi connectivity index (χ2n) is 3.12. The van der Waals surface area contributed by atoms with Crippen LogP contribution >= 0.6 is 0 Å². The Balaban J connectivity index is 2.86. The van der Waals surface area contributed by atoms with Gasteiger partial charge in [-0.05, 0) is 18.6 Å². The molecule has 2 rings (SSSR count). The van der Waals surface area contributed by atoms with Gasteiger partial charge in [0.2, 0.25) is 0 Å². The molecule has 2 heterocycles. The van der Waals surface area contributed by atoms with Crippen molar-refractivity contribution in [2.24, 2.45) is 0 Å². The molecular formula is C10H9FN2O2. The predicted molar refractivity (Wildman–Crippen MR) is 51.5 cm³/mol. The normalized spacial score (nSPS) is 10.8. The molecule has 4 nitrogen and oxygen atoms in total. The molecule has 0 aliphatic heterocycles. The van der Waals surface area contributed by atoms with Gasteiger partial charge in [0, 0.05) is 6.20 Å². The molecule has 0 aliphatic carbocycles. The number of aryl methyl sites for hydroxylation is 1. The molecule has 0 radical (unpaired) electrons. The van der Waals surface area contributed by atoms with Gasteiger partial charge in [0.15, 0.2) is 17.2 Å². The van der Waals surface area contributed by atoms with Crippen molar-refractivity contribution in [1.29, 1.82) is 0 Å². The highest BCUT2D eigenvalue weighted by Crippen LogP contribution is 2.15. The minimum Gasteiger partial charge on any atom is -0.477 e. The van der Waals surface area contributed by atoms with Crippen LogP contribution in [0.15, 0.2) is 18.3 Å². The number of rotatable bonds is 2. The summed E-state index contributed by atoms with van der Waals surface area (Å²) >= 11 is 0. The highest BCUT2D eigenvalue weighted by molar-refractivity contribution is 5.88. The van der Waals surface area contributed by atoms with E-state index in [0.717, 1.165) is 0 Å². The van der Waals surface area contributed by atoms with Crippen molar-refractivity contribution in [3.05, 3.63) is 35.5 Å². The zero-order valence-electron chi connectivity index (χ0n) is 8.07. The number of carbonyl (C=O) groups is 1. The molecule has 0 amide bonds. The Morgan fingerprint density at radius 1 is 1.67 bits per heavy atom. The summed E-state index contributed by atoms with van der Waals surface area (Å²) in [6.45, 7) is 1.78. The van der Waals surface area contributed by atoms with Crippen LogP contribution in [0.3, 0.4) is 0 Å². The lowest BCUT2D eigenvalue weighted by Crippen LogP contribution is -2.04. The van der Waals surface area contributed by atoms with Crippen molar-refractivity contribution >= 4 is 11.6 Å². The number of imidazole rings is 1. The van der Waals surface area contributed by atoms with Gasteiger partial charge in [-0.25, -0.2) is 14.2 Å². The fourth-order valence-corrected chi connectivity index (χ4v) is 1.55. The quantitative estimate of drug-likeness (QED) is 0.817. The van der Waals surface area contributed by atoms with Crippen LogP contribution < -0.4 is 0 Å². The summed E-state index contributed by atoms with van der Waals surface area (Å²) in [4.78, 5) is 14.9. The van der Waals surface area contributed by atoms with Crippen molar-refractivity contribution in [3.8, 4) is 0 Å². The molecule has 78 valence electrons. The maximum Gasteiger partial charge on any atom is 0.354 e. The summed E-state index contributed by atoms with van der Waals surface area (Å²) in [7, 11) is 0. The highest BCUT2D eigenvalue weighted by atomic mass is 19.1. The van der Waals surface area contributed by atoms with E-state index in [1.807, 2.05) is 0 Å². The maximum absolute atomic E-state index is 13.3. The summed E-state index contributed by atoms with van der Waals surface area (Å²) in [5.74, 6) is -1.61. The molecule has 0 unspecified atom stereocenters. The Labute approximate surface area is 85.0 Å². The summed E-state index contributed by atoms with van der Waals surface area (Å²) < 4.78 is 14.6. The number of carboxylic acids is 1. The van der Waals surface area contributed by atoms with Crippen molar-refractivity contribution in [2.75, 3.05) is 0 Å². The van der Waals surface area contributed by atoms with Gasteiger partial charge in [0.1, 0.15) is 0 Å². The topological polar surface area (TPSA) is 54.6 Å². The minimum absolute atomic E-state index is 0.0343. The molecule has 0 saturated heterocycles. The van der Waals surface area contributed by atoms with E-state index in [1.54, 1.807) is 6.92 Å². The Bertz CT molecular complexity index is 533. The van der Waals surface area contributed by atoms with Crippen LogP contribution in [0.2, 0.25) is 0 Å². The number of pyridine rings is 1. The number of hydrogen-bond acceptors (Lipinski definition) is 2. The van der Waals surface area contributed by atoms with Gasteiger partial charge < -0.3 is 5.11 Å². The molecule has 0 aliphatic rings. The third-order valence-corrected chi connectivity index (χ3v) is 2.21. The molecule has 2 aromatic heterocycles. The van der Waals surface area contributed by atoms with Crippen LogP contribution in [0, 0.1) is 5.82 Å². The Kier molecular flexibility index (Phi) is 2.15. The van der Waals surface area contributed by atoms with E-state index in [4.69, 9.17) is 5.11 Å². The molecule has 0 bridgehead atoms. The van der Waals surface area contributed by atoms with Crippen LogP contribution in [0.4, 0.5) is 4.39 Å². The van der Waals surface area contributed by atoms with Gasteiger partial charge in [-0.1, -0.05) is 6.92 Å². The molecular weight excluding hydrogens is 199 g/mol. The second-order valence-corrected chi connectivity index (χ2v) is 3.12. The third kappa shape index (κ3) is 1.36. The molecule has 0 saturated carbocycles. The number of aromatic carboxylic acids is 1.